The second kappa shape index (κ2) is 4.94. The van der Waals surface area contributed by atoms with Gasteiger partial charge in [-0.1, -0.05) is 0 Å². The molecule has 5 nitrogen and oxygen atoms in total. The summed E-state index contributed by atoms with van der Waals surface area (Å²) in [5.74, 6) is 0.240. The van der Waals surface area contributed by atoms with Crippen molar-refractivity contribution in [3.63, 3.8) is 0 Å². The highest BCUT2D eigenvalue weighted by molar-refractivity contribution is 5.90. The van der Waals surface area contributed by atoms with Crippen molar-refractivity contribution >= 4 is 17.4 Å². The predicted molar refractivity (Wildman–Crippen MR) is 63.0 cm³/mol. The Balaban J connectivity index is 2.43. The van der Waals surface area contributed by atoms with Crippen molar-refractivity contribution in [3.8, 4) is 0 Å². The molecule has 1 amide bonds. The number of rotatable bonds is 3. The number of hydrogen-bond donors (Lipinski definition) is 2. The molecule has 0 radical (unpaired) electrons. The number of nitrogen functional groups attached to an aromatic ring is 1. The first-order valence-corrected chi connectivity index (χ1v) is 5.02. The Hall–Kier alpha value is -1.62. The number of nitrogens with two attached hydrogens (primary N) is 1. The third-order valence-electron chi connectivity index (χ3n) is 1.69. The van der Waals surface area contributed by atoms with Crippen LogP contribution in [0.25, 0.3) is 0 Å². The van der Waals surface area contributed by atoms with E-state index in [0.717, 1.165) is 0 Å². The molecule has 0 aliphatic heterocycles. The molecule has 3 N–H and O–H groups in total. The van der Waals surface area contributed by atoms with Gasteiger partial charge in [-0.15, -0.1) is 0 Å². The number of carbonyl (C=O) groups is 1. The van der Waals surface area contributed by atoms with Crippen molar-refractivity contribution in [1.29, 1.82) is 0 Å². The third kappa shape index (κ3) is 4.75. The van der Waals surface area contributed by atoms with Crippen LogP contribution in [0, 0.1) is 0 Å². The van der Waals surface area contributed by atoms with Crippen LogP contribution in [0.3, 0.4) is 0 Å². The van der Waals surface area contributed by atoms with Crippen molar-refractivity contribution in [3.05, 3.63) is 18.3 Å². The lowest BCUT2D eigenvalue weighted by atomic mass is 10.2. The van der Waals surface area contributed by atoms with E-state index in [-0.39, 0.29) is 18.1 Å². The van der Waals surface area contributed by atoms with Crippen LogP contribution in [-0.2, 0) is 9.53 Å². The molecule has 1 aromatic rings. The van der Waals surface area contributed by atoms with Gasteiger partial charge in [-0.05, 0) is 32.9 Å². The van der Waals surface area contributed by atoms with Gasteiger partial charge in [0.25, 0.3) is 5.91 Å². The summed E-state index contributed by atoms with van der Waals surface area (Å²) in [6, 6.07) is 3.32. The Morgan fingerprint density at radius 1 is 1.50 bits per heavy atom. The van der Waals surface area contributed by atoms with Crippen LogP contribution in [0.15, 0.2) is 18.3 Å². The summed E-state index contributed by atoms with van der Waals surface area (Å²) >= 11 is 0. The van der Waals surface area contributed by atoms with Gasteiger partial charge in [0.15, 0.2) is 0 Å². The quantitative estimate of drug-likeness (QED) is 0.812. The first-order valence-electron chi connectivity index (χ1n) is 5.02. The van der Waals surface area contributed by atoms with Gasteiger partial charge < -0.3 is 15.8 Å². The molecular formula is C11H17N3O2. The van der Waals surface area contributed by atoms with Crippen LogP contribution in [-0.4, -0.2) is 23.1 Å². The predicted octanol–water partition coefficient (Wildman–Crippen LogP) is 1.42. The summed E-state index contributed by atoms with van der Waals surface area (Å²) in [6.07, 6.45) is 1.49. The van der Waals surface area contributed by atoms with E-state index in [4.69, 9.17) is 10.5 Å². The summed E-state index contributed by atoms with van der Waals surface area (Å²) < 4.78 is 5.32. The summed E-state index contributed by atoms with van der Waals surface area (Å²) in [5.41, 5.74) is 5.71. The van der Waals surface area contributed by atoms with E-state index >= 15 is 0 Å². The van der Waals surface area contributed by atoms with Crippen LogP contribution in [0.5, 0.6) is 0 Å². The summed E-state index contributed by atoms with van der Waals surface area (Å²) in [4.78, 5) is 15.4. The fourth-order valence-electron chi connectivity index (χ4n) is 0.940. The van der Waals surface area contributed by atoms with Gasteiger partial charge in [0.2, 0.25) is 0 Å². The van der Waals surface area contributed by atoms with Crippen molar-refractivity contribution in [1.82, 2.24) is 4.98 Å². The minimum absolute atomic E-state index is 0.00948. The average molecular weight is 223 g/mol. The second-order valence-electron chi connectivity index (χ2n) is 4.43. The van der Waals surface area contributed by atoms with Crippen LogP contribution in [0.4, 0.5) is 11.5 Å². The smallest absolute Gasteiger partial charge is 0.251 e. The fourth-order valence-corrected chi connectivity index (χ4v) is 0.940. The first-order chi connectivity index (χ1) is 7.37. The van der Waals surface area contributed by atoms with E-state index in [9.17, 15) is 4.79 Å². The molecule has 0 aliphatic rings. The molecule has 1 heterocycles. The maximum absolute atomic E-state index is 11.4. The number of ether oxygens (including phenoxy) is 1. The highest BCUT2D eigenvalue weighted by Gasteiger charge is 2.12. The lowest BCUT2D eigenvalue weighted by Crippen LogP contribution is -2.27. The van der Waals surface area contributed by atoms with E-state index in [0.29, 0.717) is 11.5 Å². The lowest BCUT2D eigenvalue weighted by molar-refractivity contribution is -0.125. The van der Waals surface area contributed by atoms with Gasteiger partial charge in [-0.25, -0.2) is 4.98 Å². The number of amides is 1. The topological polar surface area (TPSA) is 77.2 Å². The van der Waals surface area contributed by atoms with Crippen LogP contribution >= 0.6 is 0 Å². The number of hydrogen-bond acceptors (Lipinski definition) is 4. The standard InChI is InChI=1S/C11H17N3O2/c1-11(2,3)16-7-10(15)14-9-5-4-8(12)6-13-9/h4-6H,7,12H2,1-3H3,(H,13,14,15). The van der Waals surface area contributed by atoms with Crippen molar-refractivity contribution in [2.75, 3.05) is 17.7 Å². The van der Waals surface area contributed by atoms with Gasteiger partial charge in [0.1, 0.15) is 12.4 Å². The maximum Gasteiger partial charge on any atom is 0.251 e. The van der Waals surface area contributed by atoms with Gasteiger partial charge in [-0.2, -0.15) is 0 Å². The number of nitrogens with zero attached hydrogens (tertiary/aromatic N) is 1. The van der Waals surface area contributed by atoms with E-state index in [1.54, 1.807) is 12.1 Å². The molecule has 0 spiro atoms. The van der Waals surface area contributed by atoms with E-state index in [1.165, 1.54) is 6.20 Å². The molecule has 1 rings (SSSR count). The second-order valence-corrected chi connectivity index (χ2v) is 4.43. The monoisotopic (exact) mass is 223 g/mol. The van der Waals surface area contributed by atoms with Crippen LogP contribution < -0.4 is 11.1 Å². The maximum atomic E-state index is 11.4. The molecule has 16 heavy (non-hydrogen) atoms. The molecule has 0 aliphatic carbocycles. The number of carbonyl (C=O) groups excluding carboxylic acids is 1. The molecule has 88 valence electrons. The Kier molecular flexibility index (Phi) is 3.84. The van der Waals surface area contributed by atoms with Gasteiger partial charge in [0.05, 0.1) is 17.5 Å². The molecular weight excluding hydrogens is 206 g/mol. The normalized spacial score (nSPS) is 11.2. The zero-order valence-electron chi connectivity index (χ0n) is 9.78. The van der Waals surface area contributed by atoms with Crippen molar-refractivity contribution in [2.45, 2.75) is 26.4 Å². The van der Waals surface area contributed by atoms with E-state index in [1.807, 2.05) is 20.8 Å². The lowest BCUT2D eigenvalue weighted by Gasteiger charge is -2.18. The van der Waals surface area contributed by atoms with Crippen LogP contribution in [0.1, 0.15) is 20.8 Å². The van der Waals surface area contributed by atoms with Crippen molar-refractivity contribution < 1.29 is 9.53 Å². The molecule has 0 fully saturated rings. The summed E-state index contributed by atoms with van der Waals surface area (Å²) in [7, 11) is 0. The van der Waals surface area contributed by atoms with Gasteiger partial charge in [0, 0.05) is 0 Å². The largest absolute Gasteiger partial charge is 0.397 e. The Labute approximate surface area is 95.0 Å². The van der Waals surface area contributed by atoms with Gasteiger partial charge >= 0.3 is 0 Å². The Morgan fingerprint density at radius 2 is 2.19 bits per heavy atom. The fraction of sp³-hybridized carbons (Fsp3) is 0.455. The SMILES string of the molecule is CC(C)(C)OCC(=O)Nc1ccc(N)cn1. The molecule has 0 bridgehead atoms. The highest BCUT2D eigenvalue weighted by Crippen LogP contribution is 2.08. The molecule has 0 saturated carbocycles. The number of anilines is 2. The Morgan fingerprint density at radius 3 is 2.69 bits per heavy atom. The van der Waals surface area contributed by atoms with Gasteiger partial charge in [-0.3, -0.25) is 4.79 Å². The molecule has 0 unspecified atom stereocenters. The Bertz CT molecular complexity index is 354. The third-order valence-corrected chi connectivity index (χ3v) is 1.69. The number of pyridine rings is 1. The molecule has 0 saturated heterocycles. The zero-order valence-corrected chi connectivity index (χ0v) is 9.78. The molecule has 0 atom stereocenters. The van der Waals surface area contributed by atoms with Crippen LogP contribution in [0.2, 0.25) is 0 Å². The molecule has 5 heteroatoms. The zero-order chi connectivity index (χ0) is 12.2. The minimum atomic E-state index is -0.327. The van der Waals surface area contributed by atoms with E-state index in [2.05, 4.69) is 10.3 Å². The van der Waals surface area contributed by atoms with Crippen molar-refractivity contribution in [2.24, 2.45) is 0 Å². The summed E-state index contributed by atoms with van der Waals surface area (Å²) in [6.45, 7) is 5.68. The highest BCUT2D eigenvalue weighted by atomic mass is 16.5. The molecule has 0 aromatic carbocycles. The van der Waals surface area contributed by atoms with E-state index < -0.39 is 0 Å². The molecule has 1 aromatic heterocycles. The first kappa shape index (κ1) is 12.4. The minimum Gasteiger partial charge on any atom is -0.397 e. The summed E-state index contributed by atoms with van der Waals surface area (Å²) in [5, 5.41) is 2.61. The average Bonchev–Trinajstić information content (AvgIpc) is 2.18. The number of nitrogens with one attached hydrogen (secondary N) is 1. The number of aromatic nitrogens is 1.